The number of carbonyl (C=O) groups excluding carboxylic acids is 1. The average molecular weight is 682 g/mol. The summed E-state index contributed by atoms with van der Waals surface area (Å²) in [6.45, 7) is 7.64. The minimum absolute atomic E-state index is 0.190. The van der Waals surface area contributed by atoms with Crippen molar-refractivity contribution in [2.75, 3.05) is 13.1 Å². The molecule has 0 atom stereocenters. The zero-order valence-electron chi connectivity index (χ0n) is 27.0. The molecule has 2 aliphatic rings. The van der Waals surface area contributed by atoms with Crippen LogP contribution in [0.2, 0.25) is 5.02 Å². The molecule has 0 spiro atoms. The molecule has 1 aliphatic carbocycles. The number of hydrogen-bond donors (Lipinski definition) is 2. The highest BCUT2D eigenvalue weighted by Gasteiger charge is 2.38. The van der Waals surface area contributed by atoms with E-state index >= 15 is 0 Å². The molecular weight excluding hydrogens is 639 g/mol. The molecule has 0 bridgehead atoms. The van der Waals surface area contributed by atoms with Gasteiger partial charge in [-0.05, 0) is 120 Å². The number of aromatic nitrogens is 2. The number of carboxylic acids is 1. The van der Waals surface area contributed by atoms with Gasteiger partial charge in [0.2, 0.25) is 0 Å². The van der Waals surface area contributed by atoms with Gasteiger partial charge < -0.3 is 29.2 Å². The molecule has 0 radical (unpaired) electrons. The van der Waals surface area contributed by atoms with Crippen LogP contribution in [0.1, 0.15) is 83.5 Å². The number of ether oxygens (including phenoxy) is 3. The van der Waals surface area contributed by atoms with Gasteiger partial charge in [0, 0.05) is 18.1 Å². The number of aliphatic carboxylic acids is 1. The van der Waals surface area contributed by atoms with Crippen LogP contribution in [0, 0.1) is 5.92 Å². The quantitative estimate of drug-likeness (QED) is 0.232. The third-order valence-corrected chi connectivity index (χ3v) is 8.33. The number of carbonyl (C=O) groups is 2. The molecule has 1 amide bonds. The molecule has 0 unspecified atom stereocenters. The van der Waals surface area contributed by atoms with E-state index in [1.54, 1.807) is 0 Å². The van der Waals surface area contributed by atoms with Crippen molar-refractivity contribution in [3.63, 3.8) is 0 Å². The third-order valence-electron chi connectivity index (χ3n) is 8.08. The Morgan fingerprint density at radius 1 is 1.02 bits per heavy atom. The summed E-state index contributed by atoms with van der Waals surface area (Å²) in [7, 11) is 0. The lowest BCUT2D eigenvalue weighted by Gasteiger charge is -2.33. The number of nitrogens with zero attached hydrogens (tertiary/aromatic N) is 2. The summed E-state index contributed by atoms with van der Waals surface area (Å²) in [6.07, 6.45) is 4.86. The number of imidazole rings is 1. The molecule has 2 fully saturated rings. The number of benzene rings is 2. The van der Waals surface area contributed by atoms with Crippen molar-refractivity contribution in [3.8, 4) is 11.5 Å². The molecule has 1 aromatic heterocycles. The Hall–Kier alpha value is -3.67. The van der Waals surface area contributed by atoms with Crippen LogP contribution in [0.3, 0.4) is 0 Å². The maximum atomic E-state index is 12.4. The maximum absolute atomic E-state index is 12.4. The second-order valence-corrected chi connectivity index (χ2v) is 13.4. The molecule has 1 aliphatic heterocycles. The van der Waals surface area contributed by atoms with Crippen LogP contribution >= 0.6 is 11.6 Å². The van der Waals surface area contributed by atoms with E-state index in [2.05, 4.69) is 17.1 Å². The Morgan fingerprint density at radius 2 is 1.66 bits per heavy atom. The van der Waals surface area contributed by atoms with E-state index in [0.29, 0.717) is 17.5 Å². The zero-order chi connectivity index (χ0) is 34.2. The van der Waals surface area contributed by atoms with Crippen LogP contribution in [0.25, 0.3) is 11.0 Å². The van der Waals surface area contributed by atoms with Crippen molar-refractivity contribution in [3.05, 3.63) is 52.8 Å². The largest absolute Gasteiger partial charge is 0.490 e. The van der Waals surface area contributed by atoms with Gasteiger partial charge in [0.15, 0.2) is 5.75 Å². The number of fused-ring (bicyclic) bond motifs is 1. The summed E-state index contributed by atoms with van der Waals surface area (Å²) >= 11 is 5.99. The van der Waals surface area contributed by atoms with Crippen LogP contribution in [0.4, 0.5) is 18.0 Å². The summed E-state index contributed by atoms with van der Waals surface area (Å²) in [5.41, 5.74) is 2.64. The first-order valence-electron chi connectivity index (χ1n) is 16.0. The highest BCUT2D eigenvalue weighted by molar-refractivity contribution is 6.30. The van der Waals surface area contributed by atoms with E-state index in [1.165, 1.54) is 18.4 Å². The Bertz CT molecular complexity index is 1480. The summed E-state index contributed by atoms with van der Waals surface area (Å²) in [4.78, 5) is 31.5. The van der Waals surface area contributed by atoms with Gasteiger partial charge >= 0.3 is 18.2 Å². The Morgan fingerprint density at radius 3 is 2.26 bits per heavy atom. The van der Waals surface area contributed by atoms with Crippen LogP contribution in [-0.2, 0) is 22.6 Å². The Balaban J connectivity index is 0.000000644. The fourth-order valence-electron chi connectivity index (χ4n) is 5.71. The van der Waals surface area contributed by atoms with Gasteiger partial charge in [-0.1, -0.05) is 17.7 Å². The Kier molecular flexibility index (Phi) is 12.3. The van der Waals surface area contributed by atoms with E-state index in [9.17, 15) is 18.0 Å². The van der Waals surface area contributed by atoms with Gasteiger partial charge in [-0.15, -0.1) is 0 Å². The van der Waals surface area contributed by atoms with Crippen molar-refractivity contribution >= 4 is 34.7 Å². The first-order chi connectivity index (χ1) is 22.2. The molecule has 258 valence electrons. The number of H-pyrrole nitrogens is 1. The topological polar surface area (TPSA) is 114 Å². The molecule has 1 saturated carbocycles. The second-order valence-electron chi connectivity index (χ2n) is 13.0. The van der Waals surface area contributed by atoms with Gasteiger partial charge in [0.05, 0.1) is 11.6 Å². The highest BCUT2D eigenvalue weighted by atomic mass is 35.5. The minimum Gasteiger partial charge on any atom is -0.488 e. The monoisotopic (exact) mass is 681 g/mol. The lowest BCUT2D eigenvalue weighted by molar-refractivity contribution is -0.192. The average Bonchev–Trinajstić information content (AvgIpc) is 3.67. The van der Waals surface area contributed by atoms with Gasteiger partial charge in [-0.25, -0.2) is 14.6 Å². The van der Waals surface area contributed by atoms with Gasteiger partial charge in [-0.3, -0.25) is 0 Å². The standard InChI is InChI=1S/C32H42ClN3O4.C2HF3O2/c1-32(2,3)40-31(37)36-19-17-22(18-20-36)7-6-8-23-11-16-27-29(30(23)39-26-9-4-5-10-26)35-28(34-27)21-38-25-14-12-24(33)13-15-25;3-2(4,5)1(6)7/h11-16,22,26H,4-10,17-21H2,1-3H3,(H,34,35);(H,6,7). The molecule has 2 aromatic carbocycles. The zero-order valence-corrected chi connectivity index (χ0v) is 27.8. The molecular formula is C34H43ClF3N3O6. The number of nitrogens with one attached hydrogen (secondary N) is 1. The number of carboxylic acid groups (broad SMARTS) is 1. The van der Waals surface area contributed by atoms with E-state index in [4.69, 9.17) is 40.7 Å². The predicted molar refractivity (Wildman–Crippen MR) is 172 cm³/mol. The number of aryl methyl sites for hydroxylation is 1. The van der Waals surface area contributed by atoms with Crippen molar-refractivity contribution in [2.24, 2.45) is 5.92 Å². The Labute approximate surface area is 277 Å². The second kappa shape index (κ2) is 16.0. The van der Waals surface area contributed by atoms with E-state index in [0.717, 1.165) is 86.4 Å². The molecule has 13 heteroatoms. The highest BCUT2D eigenvalue weighted by Crippen LogP contribution is 2.35. The van der Waals surface area contributed by atoms with E-state index in [1.807, 2.05) is 49.9 Å². The van der Waals surface area contributed by atoms with Crippen LogP contribution < -0.4 is 9.47 Å². The summed E-state index contributed by atoms with van der Waals surface area (Å²) in [6, 6.07) is 11.7. The first-order valence-corrected chi connectivity index (χ1v) is 16.4. The van der Waals surface area contributed by atoms with Crippen LogP contribution in [0.5, 0.6) is 11.5 Å². The molecule has 3 aromatic rings. The van der Waals surface area contributed by atoms with Crippen molar-refractivity contribution in [2.45, 2.75) is 103 Å². The number of likely N-dealkylation sites (tertiary alicyclic amines) is 1. The number of alkyl halides is 3. The smallest absolute Gasteiger partial charge is 0.488 e. The predicted octanol–water partition coefficient (Wildman–Crippen LogP) is 8.72. The van der Waals surface area contributed by atoms with Crippen LogP contribution in [0.15, 0.2) is 36.4 Å². The fraction of sp³-hybridized carbons (Fsp3) is 0.559. The third kappa shape index (κ3) is 11.2. The molecule has 47 heavy (non-hydrogen) atoms. The molecule has 2 N–H and O–H groups in total. The molecule has 5 rings (SSSR count). The summed E-state index contributed by atoms with van der Waals surface area (Å²) < 4.78 is 49.9. The van der Waals surface area contributed by atoms with Gasteiger partial charge in [0.1, 0.15) is 29.3 Å². The number of piperidine rings is 1. The normalized spacial score (nSPS) is 16.1. The van der Waals surface area contributed by atoms with E-state index < -0.39 is 17.7 Å². The first kappa shape index (κ1) is 36.2. The van der Waals surface area contributed by atoms with Crippen molar-refractivity contribution in [1.82, 2.24) is 14.9 Å². The number of rotatable bonds is 9. The molecule has 1 saturated heterocycles. The van der Waals surface area contributed by atoms with Crippen LogP contribution in [-0.4, -0.2) is 63.0 Å². The lowest BCUT2D eigenvalue weighted by Crippen LogP contribution is -2.41. The minimum atomic E-state index is -5.08. The van der Waals surface area contributed by atoms with Gasteiger partial charge in [0.25, 0.3) is 0 Å². The molecule has 2 heterocycles. The number of aromatic amines is 1. The van der Waals surface area contributed by atoms with Gasteiger partial charge in [-0.2, -0.15) is 13.2 Å². The molecule has 9 nitrogen and oxygen atoms in total. The van der Waals surface area contributed by atoms with Crippen molar-refractivity contribution in [1.29, 1.82) is 0 Å². The maximum Gasteiger partial charge on any atom is 0.490 e. The summed E-state index contributed by atoms with van der Waals surface area (Å²) in [5.74, 6) is 0.328. The number of halogens is 4. The lowest BCUT2D eigenvalue weighted by atomic mass is 9.90. The fourth-order valence-corrected chi connectivity index (χ4v) is 5.83. The van der Waals surface area contributed by atoms with Crippen molar-refractivity contribution < 1.29 is 42.1 Å². The van der Waals surface area contributed by atoms with E-state index in [-0.39, 0.29) is 12.2 Å². The SMILES string of the molecule is CC(C)(C)OC(=O)N1CCC(CCCc2ccc3[nH]c(COc4ccc(Cl)cc4)nc3c2OC2CCCC2)CC1.O=C(O)C(F)(F)F. The summed E-state index contributed by atoms with van der Waals surface area (Å²) in [5, 5.41) is 7.81. The number of hydrogen-bond acceptors (Lipinski definition) is 6. The number of amides is 1.